The molecule has 2 heterocycles. The van der Waals surface area contributed by atoms with E-state index in [1.807, 2.05) is 43.3 Å². The lowest BCUT2D eigenvalue weighted by molar-refractivity contribution is -0.138. The lowest BCUT2D eigenvalue weighted by atomic mass is 9.91. The maximum Gasteiger partial charge on any atom is 0.243 e. The summed E-state index contributed by atoms with van der Waals surface area (Å²) in [6.45, 7) is 6.20. The number of aryl methyl sites for hydroxylation is 1. The van der Waals surface area contributed by atoms with E-state index in [9.17, 15) is 14.0 Å². The van der Waals surface area contributed by atoms with Gasteiger partial charge in [-0.1, -0.05) is 62.4 Å². The monoisotopic (exact) mass is 463 g/mol. The predicted molar refractivity (Wildman–Crippen MR) is 127 cm³/mol. The SMILES string of the molecule is Cc1cc(C(C)C)ccc1[C@@H](NC(=O)[C@@H]1C[C@@H](F)CN1C(=O)Cc1ncco1)c1ccccc1. The van der Waals surface area contributed by atoms with Gasteiger partial charge in [0.2, 0.25) is 17.7 Å². The van der Waals surface area contributed by atoms with Crippen molar-refractivity contribution in [1.29, 1.82) is 0 Å². The fourth-order valence-corrected chi connectivity index (χ4v) is 4.49. The maximum absolute atomic E-state index is 14.4. The molecule has 1 aromatic heterocycles. The molecule has 1 N–H and O–H groups in total. The summed E-state index contributed by atoms with van der Waals surface area (Å²) in [6, 6.07) is 14.6. The second-order valence-corrected chi connectivity index (χ2v) is 9.12. The van der Waals surface area contributed by atoms with Crippen LogP contribution in [0.25, 0.3) is 0 Å². The normalized spacial score (nSPS) is 18.8. The second kappa shape index (κ2) is 10.2. The standard InChI is InChI=1S/C27H30FN3O3/c1-17(2)20-9-10-22(18(3)13-20)26(19-7-5-4-6-8-19)30-27(33)23-14-21(28)16-31(23)25(32)15-24-29-11-12-34-24/h4-13,17,21,23,26H,14-16H2,1-3H3,(H,30,33)/t21-,23+,26+/m1/s1. The van der Waals surface area contributed by atoms with Crippen LogP contribution in [0.2, 0.25) is 0 Å². The van der Waals surface area contributed by atoms with Crippen LogP contribution in [0.15, 0.2) is 65.4 Å². The number of nitrogens with zero attached hydrogens (tertiary/aromatic N) is 2. The summed E-state index contributed by atoms with van der Waals surface area (Å²) in [4.78, 5) is 31.5. The Morgan fingerprint density at radius 3 is 2.59 bits per heavy atom. The average Bonchev–Trinajstić information content (AvgIpc) is 3.47. The third-order valence-electron chi connectivity index (χ3n) is 6.35. The molecule has 2 amide bonds. The number of amides is 2. The van der Waals surface area contributed by atoms with E-state index in [2.05, 4.69) is 36.3 Å². The zero-order valence-corrected chi connectivity index (χ0v) is 19.7. The first-order chi connectivity index (χ1) is 16.3. The molecular weight excluding hydrogens is 433 g/mol. The number of alkyl halides is 1. The highest BCUT2D eigenvalue weighted by atomic mass is 19.1. The van der Waals surface area contributed by atoms with Crippen LogP contribution in [0, 0.1) is 6.92 Å². The minimum Gasteiger partial charge on any atom is -0.448 e. The van der Waals surface area contributed by atoms with Gasteiger partial charge in [-0.25, -0.2) is 9.37 Å². The summed E-state index contributed by atoms with van der Waals surface area (Å²) in [7, 11) is 0. The van der Waals surface area contributed by atoms with Crippen molar-refractivity contribution < 1.29 is 18.4 Å². The Bertz CT molecular complexity index is 1130. The van der Waals surface area contributed by atoms with Crippen LogP contribution in [0.5, 0.6) is 0 Å². The first kappa shape index (κ1) is 23.7. The molecule has 4 rings (SSSR count). The minimum absolute atomic E-state index is 0.0318. The molecule has 0 spiro atoms. The Morgan fingerprint density at radius 2 is 1.94 bits per heavy atom. The molecule has 0 unspecified atom stereocenters. The summed E-state index contributed by atoms with van der Waals surface area (Å²) in [5.41, 5.74) is 4.17. The fourth-order valence-electron chi connectivity index (χ4n) is 4.49. The van der Waals surface area contributed by atoms with Gasteiger partial charge in [0, 0.05) is 6.42 Å². The molecule has 0 radical (unpaired) electrons. The summed E-state index contributed by atoms with van der Waals surface area (Å²) >= 11 is 0. The maximum atomic E-state index is 14.4. The predicted octanol–water partition coefficient (Wildman–Crippen LogP) is 4.49. The molecule has 1 fully saturated rings. The van der Waals surface area contributed by atoms with Gasteiger partial charge in [-0.2, -0.15) is 0 Å². The zero-order chi connectivity index (χ0) is 24.2. The number of carbonyl (C=O) groups excluding carboxylic acids is 2. The number of halogens is 1. The number of hydrogen-bond acceptors (Lipinski definition) is 4. The number of aromatic nitrogens is 1. The van der Waals surface area contributed by atoms with E-state index in [1.165, 1.54) is 22.9 Å². The molecule has 2 aromatic carbocycles. The molecule has 3 aromatic rings. The van der Waals surface area contributed by atoms with Crippen molar-refractivity contribution in [1.82, 2.24) is 15.2 Å². The summed E-state index contributed by atoms with van der Waals surface area (Å²) in [6.07, 6.45) is 1.43. The molecule has 178 valence electrons. The summed E-state index contributed by atoms with van der Waals surface area (Å²) in [5, 5.41) is 3.11. The first-order valence-corrected chi connectivity index (χ1v) is 11.6. The van der Waals surface area contributed by atoms with Crippen molar-refractivity contribution in [3.8, 4) is 0 Å². The summed E-state index contributed by atoms with van der Waals surface area (Å²) in [5.74, 6) is -0.117. The molecule has 7 heteroatoms. The number of benzene rings is 2. The van der Waals surface area contributed by atoms with Crippen LogP contribution in [0.1, 0.15) is 60.4 Å². The molecule has 1 aliphatic heterocycles. The fraction of sp³-hybridized carbons (Fsp3) is 0.370. The largest absolute Gasteiger partial charge is 0.448 e. The molecule has 3 atom stereocenters. The third-order valence-corrected chi connectivity index (χ3v) is 6.35. The molecule has 0 aliphatic carbocycles. The molecule has 0 saturated carbocycles. The van der Waals surface area contributed by atoms with Gasteiger partial charge < -0.3 is 14.6 Å². The topological polar surface area (TPSA) is 75.4 Å². The van der Waals surface area contributed by atoms with Crippen molar-refractivity contribution in [2.24, 2.45) is 0 Å². The first-order valence-electron chi connectivity index (χ1n) is 11.6. The van der Waals surface area contributed by atoms with Crippen LogP contribution in [-0.2, 0) is 16.0 Å². The van der Waals surface area contributed by atoms with Crippen LogP contribution >= 0.6 is 0 Å². The van der Waals surface area contributed by atoms with E-state index >= 15 is 0 Å². The van der Waals surface area contributed by atoms with E-state index in [1.54, 1.807) is 0 Å². The van der Waals surface area contributed by atoms with Gasteiger partial charge in [-0.05, 0) is 35.1 Å². The van der Waals surface area contributed by atoms with Crippen molar-refractivity contribution in [3.63, 3.8) is 0 Å². The van der Waals surface area contributed by atoms with Crippen LogP contribution < -0.4 is 5.32 Å². The molecule has 34 heavy (non-hydrogen) atoms. The van der Waals surface area contributed by atoms with Gasteiger partial charge in [0.1, 0.15) is 24.9 Å². The number of nitrogens with one attached hydrogen (secondary N) is 1. The molecule has 1 saturated heterocycles. The van der Waals surface area contributed by atoms with E-state index < -0.39 is 18.3 Å². The molecule has 6 nitrogen and oxygen atoms in total. The van der Waals surface area contributed by atoms with E-state index in [0.717, 1.165) is 16.7 Å². The number of hydrogen-bond donors (Lipinski definition) is 1. The Kier molecular flexibility index (Phi) is 7.10. The van der Waals surface area contributed by atoms with Crippen LogP contribution in [0.4, 0.5) is 4.39 Å². The quantitative estimate of drug-likeness (QED) is 0.560. The Hall–Kier alpha value is -3.48. The van der Waals surface area contributed by atoms with Gasteiger partial charge in [0.15, 0.2) is 0 Å². The van der Waals surface area contributed by atoms with E-state index in [4.69, 9.17) is 4.42 Å². The number of carbonyl (C=O) groups is 2. The highest BCUT2D eigenvalue weighted by Crippen LogP contribution is 2.29. The van der Waals surface area contributed by atoms with E-state index in [-0.39, 0.29) is 37.1 Å². The van der Waals surface area contributed by atoms with Crippen molar-refractivity contribution in [2.45, 2.75) is 57.8 Å². The summed E-state index contributed by atoms with van der Waals surface area (Å²) < 4.78 is 19.5. The van der Waals surface area contributed by atoms with Crippen LogP contribution in [0.3, 0.4) is 0 Å². The van der Waals surface area contributed by atoms with Crippen LogP contribution in [-0.4, -0.2) is 40.5 Å². The average molecular weight is 464 g/mol. The van der Waals surface area contributed by atoms with Gasteiger partial charge in [-0.3, -0.25) is 9.59 Å². The highest BCUT2D eigenvalue weighted by molar-refractivity contribution is 5.89. The molecule has 0 bridgehead atoms. The number of likely N-dealkylation sites (tertiary alicyclic amines) is 1. The van der Waals surface area contributed by atoms with Gasteiger partial charge >= 0.3 is 0 Å². The number of oxazole rings is 1. The smallest absolute Gasteiger partial charge is 0.243 e. The minimum atomic E-state index is -1.26. The van der Waals surface area contributed by atoms with Crippen molar-refractivity contribution in [3.05, 3.63) is 89.1 Å². The molecular formula is C27H30FN3O3. The van der Waals surface area contributed by atoms with E-state index in [0.29, 0.717) is 5.92 Å². The zero-order valence-electron chi connectivity index (χ0n) is 19.7. The van der Waals surface area contributed by atoms with Crippen molar-refractivity contribution >= 4 is 11.8 Å². The van der Waals surface area contributed by atoms with Gasteiger partial charge in [0.25, 0.3) is 0 Å². The Morgan fingerprint density at radius 1 is 1.18 bits per heavy atom. The van der Waals surface area contributed by atoms with Gasteiger partial charge in [-0.15, -0.1) is 0 Å². The number of rotatable bonds is 7. The van der Waals surface area contributed by atoms with Crippen molar-refractivity contribution in [2.75, 3.05) is 6.54 Å². The lowest BCUT2D eigenvalue weighted by Gasteiger charge is -2.27. The Balaban J connectivity index is 1.59. The molecule has 1 aliphatic rings. The van der Waals surface area contributed by atoms with Gasteiger partial charge in [0.05, 0.1) is 18.8 Å². The Labute approximate surface area is 199 Å². The second-order valence-electron chi connectivity index (χ2n) is 9.12. The lowest BCUT2D eigenvalue weighted by Crippen LogP contribution is -2.47. The highest BCUT2D eigenvalue weighted by Gasteiger charge is 2.40. The third kappa shape index (κ3) is 5.19.